The molecule has 0 bridgehead atoms. The first-order valence-corrected chi connectivity index (χ1v) is 7.79. The van der Waals surface area contributed by atoms with Crippen LogP contribution in [-0.2, 0) is 18.9 Å². The van der Waals surface area contributed by atoms with E-state index in [1.54, 1.807) is 21.0 Å². The van der Waals surface area contributed by atoms with Crippen molar-refractivity contribution < 1.29 is 4.79 Å². The van der Waals surface area contributed by atoms with Crippen molar-refractivity contribution in [3.05, 3.63) is 57.5 Å². The standard InChI is InChI=1S/C17H19N5O3/c1-11(15(23)19(2)12-8-6-5-7-9-12)22-10-18-14-13(22)16(24)21(4)17(25)20(14)3/h5-11H,1-4H3/t11-/m0/s1. The van der Waals surface area contributed by atoms with Gasteiger partial charge < -0.3 is 9.47 Å². The van der Waals surface area contributed by atoms with E-state index in [4.69, 9.17) is 0 Å². The number of carbonyl (C=O) groups excluding carboxylic acids is 1. The Bertz CT molecular complexity index is 1060. The molecule has 1 amide bonds. The van der Waals surface area contributed by atoms with E-state index < -0.39 is 17.3 Å². The molecule has 130 valence electrons. The highest BCUT2D eigenvalue weighted by Crippen LogP contribution is 2.19. The highest BCUT2D eigenvalue weighted by molar-refractivity contribution is 5.96. The van der Waals surface area contributed by atoms with Gasteiger partial charge in [-0.15, -0.1) is 0 Å². The van der Waals surface area contributed by atoms with E-state index in [9.17, 15) is 14.4 Å². The highest BCUT2D eigenvalue weighted by atomic mass is 16.2. The molecule has 0 N–H and O–H groups in total. The molecule has 2 aromatic heterocycles. The van der Waals surface area contributed by atoms with Crippen LogP contribution in [0.25, 0.3) is 11.2 Å². The van der Waals surface area contributed by atoms with Crippen molar-refractivity contribution in [3.8, 4) is 0 Å². The predicted molar refractivity (Wildman–Crippen MR) is 94.8 cm³/mol. The van der Waals surface area contributed by atoms with Gasteiger partial charge in [0.1, 0.15) is 6.04 Å². The number of fused-ring (bicyclic) bond motifs is 1. The van der Waals surface area contributed by atoms with Gasteiger partial charge in [0.25, 0.3) is 5.56 Å². The van der Waals surface area contributed by atoms with Crippen LogP contribution in [0, 0.1) is 0 Å². The lowest BCUT2D eigenvalue weighted by atomic mass is 10.2. The van der Waals surface area contributed by atoms with E-state index in [-0.39, 0.29) is 17.1 Å². The summed E-state index contributed by atoms with van der Waals surface area (Å²) in [5, 5.41) is 0. The molecule has 0 aliphatic heterocycles. The lowest BCUT2D eigenvalue weighted by molar-refractivity contribution is -0.120. The predicted octanol–water partition coefficient (Wildman–Crippen LogP) is 0.658. The molecule has 3 rings (SSSR count). The third kappa shape index (κ3) is 2.55. The first-order chi connectivity index (χ1) is 11.8. The van der Waals surface area contributed by atoms with E-state index in [1.165, 1.54) is 27.4 Å². The van der Waals surface area contributed by atoms with Gasteiger partial charge in [-0.3, -0.25) is 18.7 Å². The summed E-state index contributed by atoms with van der Waals surface area (Å²) in [5.74, 6) is -0.193. The number of imidazole rings is 1. The largest absolute Gasteiger partial charge is 0.332 e. The van der Waals surface area contributed by atoms with Crippen molar-refractivity contribution in [2.45, 2.75) is 13.0 Å². The Hall–Kier alpha value is -3.16. The van der Waals surface area contributed by atoms with Crippen LogP contribution in [-0.4, -0.2) is 31.6 Å². The Labute approximate surface area is 143 Å². The smallest absolute Gasteiger partial charge is 0.314 e. The quantitative estimate of drug-likeness (QED) is 0.701. The molecule has 2 heterocycles. The summed E-state index contributed by atoms with van der Waals surface area (Å²) in [7, 11) is 4.63. The second kappa shape index (κ2) is 6.04. The van der Waals surface area contributed by atoms with Crippen molar-refractivity contribution in [2.24, 2.45) is 14.1 Å². The van der Waals surface area contributed by atoms with Crippen molar-refractivity contribution in [3.63, 3.8) is 0 Å². The monoisotopic (exact) mass is 341 g/mol. The molecular weight excluding hydrogens is 322 g/mol. The summed E-state index contributed by atoms with van der Waals surface area (Å²) in [4.78, 5) is 43.0. The number of carbonyl (C=O) groups is 1. The van der Waals surface area contributed by atoms with Gasteiger partial charge in [-0.25, -0.2) is 9.78 Å². The summed E-state index contributed by atoms with van der Waals surface area (Å²) in [6.07, 6.45) is 1.42. The minimum Gasteiger partial charge on any atom is -0.314 e. The number of hydrogen-bond acceptors (Lipinski definition) is 4. The van der Waals surface area contributed by atoms with Crippen LogP contribution < -0.4 is 16.1 Å². The number of rotatable bonds is 3. The third-order valence-corrected chi connectivity index (χ3v) is 4.42. The maximum absolute atomic E-state index is 12.8. The molecule has 0 fully saturated rings. The van der Waals surface area contributed by atoms with E-state index in [2.05, 4.69) is 4.98 Å². The Balaban J connectivity index is 2.09. The van der Waals surface area contributed by atoms with Gasteiger partial charge in [0, 0.05) is 26.8 Å². The normalized spacial score (nSPS) is 12.3. The number of hydrogen-bond donors (Lipinski definition) is 0. The van der Waals surface area contributed by atoms with Crippen molar-refractivity contribution >= 4 is 22.8 Å². The molecule has 25 heavy (non-hydrogen) atoms. The second-order valence-electron chi connectivity index (χ2n) is 5.94. The van der Waals surface area contributed by atoms with Crippen LogP contribution in [0.15, 0.2) is 46.2 Å². The molecule has 0 radical (unpaired) electrons. The number of amides is 1. The highest BCUT2D eigenvalue weighted by Gasteiger charge is 2.24. The number of para-hydroxylation sites is 1. The van der Waals surface area contributed by atoms with Crippen LogP contribution in [0.4, 0.5) is 5.69 Å². The van der Waals surface area contributed by atoms with Gasteiger partial charge in [0.2, 0.25) is 5.91 Å². The minimum absolute atomic E-state index is 0.193. The summed E-state index contributed by atoms with van der Waals surface area (Å²) in [6, 6.07) is 8.59. The van der Waals surface area contributed by atoms with E-state index in [0.717, 1.165) is 10.3 Å². The molecule has 3 aromatic rings. The van der Waals surface area contributed by atoms with Gasteiger partial charge in [-0.05, 0) is 19.1 Å². The molecular formula is C17H19N5O3. The van der Waals surface area contributed by atoms with E-state index in [0.29, 0.717) is 0 Å². The summed E-state index contributed by atoms with van der Waals surface area (Å²) in [6.45, 7) is 1.70. The Kier molecular flexibility index (Phi) is 4.03. The van der Waals surface area contributed by atoms with Crippen molar-refractivity contribution in [1.29, 1.82) is 0 Å². The van der Waals surface area contributed by atoms with Gasteiger partial charge >= 0.3 is 5.69 Å². The molecule has 8 heteroatoms. The molecule has 0 aliphatic carbocycles. The Morgan fingerprint density at radius 1 is 1.12 bits per heavy atom. The topological polar surface area (TPSA) is 82.1 Å². The zero-order valence-corrected chi connectivity index (χ0v) is 14.5. The van der Waals surface area contributed by atoms with Gasteiger partial charge in [0.05, 0.1) is 6.33 Å². The zero-order valence-electron chi connectivity index (χ0n) is 14.5. The molecule has 0 aliphatic rings. The first kappa shape index (κ1) is 16.7. The zero-order chi connectivity index (χ0) is 18.3. The number of aromatic nitrogens is 4. The van der Waals surface area contributed by atoms with Gasteiger partial charge in [0.15, 0.2) is 11.2 Å². The third-order valence-electron chi connectivity index (χ3n) is 4.42. The fourth-order valence-corrected chi connectivity index (χ4v) is 2.84. The molecule has 0 unspecified atom stereocenters. The maximum atomic E-state index is 12.8. The average Bonchev–Trinajstić information content (AvgIpc) is 3.08. The summed E-state index contributed by atoms with van der Waals surface area (Å²) < 4.78 is 3.82. The van der Waals surface area contributed by atoms with E-state index in [1.807, 2.05) is 30.3 Å². The number of nitrogens with zero attached hydrogens (tertiary/aromatic N) is 5. The molecule has 1 atom stereocenters. The van der Waals surface area contributed by atoms with Crippen molar-refractivity contribution in [1.82, 2.24) is 18.7 Å². The molecule has 0 saturated heterocycles. The minimum atomic E-state index is -0.652. The lowest BCUT2D eigenvalue weighted by Crippen LogP contribution is -2.39. The van der Waals surface area contributed by atoms with Crippen LogP contribution >= 0.6 is 0 Å². The number of likely N-dealkylation sites (N-methyl/N-ethyl adjacent to an activating group) is 1. The van der Waals surface area contributed by atoms with Crippen LogP contribution in [0.1, 0.15) is 13.0 Å². The molecule has 1 aromatic carbocycles. The number of anilines is 1. The first-order valence-electron chi connectivity index (χ1n) is 7.79. The number of benzene rings is 1. The molecule has 0 saturated carbocycles. The SMILES string of the molecule is C[C@@H](C(=O)N(C)c1ccccc1)n1cnc2c1c(=O)n(C)c(=O)n2C. The number of aryl methyl sites for hydroxylation is 1. The summed E-state index contributed by atoms with van der Waals surface area (Å²) >= 11 is 0. The Morgan fingerprint density at radius 2 is 1.76 bits per heavy atom. The fraction of sp³-hybridized carbons (Fsp3) is 0.294. The molecule has 0 spiro atoms. The van der Waals surface area contributed by atoms with Crippen LogP contribution in [0.2, 0.25) is 0 Å². The average molecular weight is 341 g/mol. The van der Waals surface area contributed by atoms with Gasteiger partial charge in [-0.1, -0.05) is 18.2 Å². The van der Waals surface area contributed by atoms with Crippen LogP contribution in [0.5, 0.6) is 0 Å². The van der Waals surface area contributed by atoms with Gasteiger partial charge in [-0.2, -0.15) is 0 Å². The Morgan fingerprint density at radius 3 is 2.40 bits per heavy atom. The van der Waals surface area contributed by atoms with Crippen LogP contribution in [0.3, 0.4) is 0 Å². The lowest BCUT2D eigenvalue weighted by Gasteiger charge is -2.22. The second-order valence-corrected chi connectivity index (χ2v) is 5.94. The summed E-state index contributed by atoms with van der Waals surface area (Å²) in [5.41, 5.74) is 0.312. The maximum Gasteiger partial charge on any atom is 0.332 e. The fourth-order valence-electron chi connectivity index (χ4n) is 2.84. The van der Waals surface area contributed by atoms with Crippen molar-refractivity contribution in [2.75, 3.05) is 11.9 Å². The molecule has 8 nitrogen and oxygen atoms in total. The van der Waals surface area contributed by atoms with E-state index >= 15 is 0 Å².